The molecule has 0 radical (unpaired) electrons. The highest BCUT2D eigenvalue weighted by molar-refractivity contribution is 5.97. The molecule has 3 amide bonds. The lowest BCUT2D eigenvalue weighted by Gasteiger charge is -2.19. The molecule has 3 aromatic rings. The number of carbonyl (C=O) groups is 2. The van der Waals surface area contributed by atoms with E-state index >= 15 is 0 Å². The number of ether oxygens (including phenoxy) is 1. The molecular weight excluding hydrogens is 360 g/mol. The summed E-state index contributed by atoms with van der Waals surface area (Å²) in [6, 6.07) is 14.6. The first-order chi connectivity index (χ1) is 13.5. The summed E-state index contributed by atoms with van der Waals surface area (Å²) in [5.74, 6) is -0.274. The molecule has 144 valence electrons. The first kappa shape index (κ1) is 19.2. The van der Waals surface area contributed by atoms with Crippen LogP contribution in [0.4, 0.5) is 4.79 Å². The van der Waals surface area contributed by atoms with Crippen molar-refractivity contribution in [3.8, 4) is 5.75 Å². The average Bonchev–Trinajstić information content (AvgIpc) is 2.66. The Balaban J connectivity index is 1.93. The maximum atomic E-state index is 12.6. The molecule has 0 aliphatic heterocycles. The second-order valence-electron chi connectivity index (χ2n) is 6.16. The van der Waals surface area contributed by atoms with Gasteiger partial charge in [0.15, 0.2) is 0 Å². The highest BCUT2D eigenvalue weighted by Crippen LogP contribution is 2.27. The van der Waals surface area contributed by atoms with Gasteiger partial charge >= 0.3 is 11.7 Å². The van der Waals surface area contributed by atoms with Gasteiger partial charge in [0.1, 0.15) is 11.3 Å². The molecule has 1 aromatic heterocycles. The number of benzene rings is 2. The van der Waals surface area contributed by atoms with E-state index in [1.165, 1.54) is 6.07 Å². The van der Waals surface area contributed by atoms with Crippen LogP contribution in [0.1, 0.15) is 24.2 Å². The fourth-order valence-electron chi connectivity index (χ4n) is 2.80. The quantitative estimate of drug-likeness (QED) is 0.663. The predicted molar refractivity (Wildman–Crippen MR) is 104 cm³/mol. The van der Waals surface area contributed by atoms with Crippen LogP contribution in [0.5, 0.6) is 5.75 Å². The number of imide groups is 1. The minimum Gasteiger partial charge on any atom is -0.476 e. The van der Waals surface area contributed by atoms with Crippen molar-refractivity contribution in [2.24, 2.45) is 0 Å². The maximum Gasteiger partial charge on any atom is 0.336 e. The summed E-state index contributed by atoms with van der Waals surface area (Å²) in [6.07, 6.45) is -1.06. The number of amides is 3. The standard InChI is InChI=1S/C21H20N2O5/c1-3-22-21(26)23-20(25)19(14-7-5-4-6-8-14)27-15-9-10-16-13(2)11-18(24)28-17(16)12-15/h4-12,19H,3H2,1-2H3,(H2,22,23,25,26)/t19-/m1/s1. The fraction of sp³-hybridized carbons (Fsp3) is 0.190. The largest absolute Gasteiger partial charge is 0.476 e. The summed E-state index contributed by atoms with van der Waals surface area (Å²) in [4.78, 5) is 36.0. The third-order valence-electron chi connectivity index (χ3n) is 4.09. The molecule has 2 aromatic carbocycles. The number of fused-ring (bicyclic) bond motifs is 1. The number of hydrogen-bond donors (Lipinski definition) is 2. The van der Waals surface area contributed by atoms with Crippen LogP contribution in [0.25, 0.3) is 11.0 Å². The van der Waals surface area contributed by atoms with Gasteiger partial charge in [-0.15, -0.1) is 0 Å². The second kappa shape index (κ2) is 8.39. The first-order valence-corrected chi connectivity index (χ1v) is 8.82. The van der Waals surface area contributed by atoms with Gasteiger partial charge in [-0.2, -0.15) is 0 Å². The molecule has 28 heavy (non-hydrogen) atoms. The van der Waals surface area contributed by atoms with E-state index < -0.39 is 23.7 Å². The van der Waals surface area contributed by atoms with Crippen molar-refractivity contribution in [2.45, 2.75) is 20.0 Å². The normalized spacial score (nSPS) is 11.6. The Bertz CT molecular complexity index is 1060. The van der Waals surface area contributed by atoms with Crippen molar-refractivity contribution >= 4 is 22.9 Å². The van der Waals surface area contributed by atoms with Gasteiger partial charge < -0.3 is 14.5 Å². The lowest BCUT2D eigenvalue weighted by molar-refractivity contribution is -0.127. The fourth-order valence-corrected chi connectivity index (χ4v) is 2.80. The number of hydrogen-bond acceptors (Lipinski definition) is 5. The Hall–Kier alpha value is -3.61. The van der Waals surface area contributed by atoms with Crippen LogP contribution >= 0.6 is 0 Å². The summed E-state index contributed by atoms with van der Waals surface area (Å²) in [7, 11) is 0. The zero-order chi connectivity index (χ0) is 20.1. The molecule has 1 atom stereocenters. The van der Waals surface area contributed by atoms with Gasteiger partial charge in [-0.25, -0.2) is 9.59 Å². The summed E-state index contributed by atoms with van der Waals surface area (Å²) in [5.41, 5.74) is 1.26. The van der Waals surface area contributed by atoms with Crippen molar-refractivity contribution in [2.75, 3.05) is 6.54 Å². The molecule has 0 unspecified atom stereocenters. The van der Waals surface area contributed by atoms with Gasteiger partial charge in [0.2, 0.25) is 6.10 Å². The summed E-state index contributed by atoms with van der Waals surface area (Å²) in [6.45, 7) is 3.95. The minimum absolute atomic E-state index is 0.334. The van der Waals surface area contributed by atoms with Gasteiger partial charge in [-0.1, -0.05) is 30.3 Å². The Kier molecular flexibility index (Phi) is 5.74. The van der Waals surface area contributed by atoms with E-state index in [1.807, 2.05) is 13.0 Å². The third kappa shape index (κ3) is 4.37. The Morgan fingerprint density at radius 2 is 1.86 bits per heavy atom. The maximum absolute atomic E-state index is 12.6. The molecule has 2 N–H and O–H groups in total. The Labute approximate surface area is 161 Å². The highest BCUT2D eigenvalue weighted by Gasteiger charge is 2.24. The van der Waals surface area contributed by atoms with Crippen molar-refractivity contribution in [1.82, 2.24) is 10.6 Å². The van der Waals surface area contributed by atoms with E-state index in [0.29, 0.717) is 23.4 Å². The number of urea groups is 1. The first-order valence-electron chi connectivity index (χ1n) is 8.82. The van der Waals surface area contributed by atoms with Crippen LogP contribution in [0.2, 0.25) is 0 Å². The van der Waals surface area contributed by atoms with Gasteiger partial charge in [0, 0.05) is 29.6 Å². The molecule has 0 aliphatic carbocycles. The molecule has 0 bridgehead atoms. The molecule has 0 aliphatic rings. The Morgan fingerprint density at radius 1 is 1.11 bits per heavy atom. The third-order valence-corrected chi connectivity index (χ3v) is 4.09. The molecule has 1 heterocycles. The van der Waals surface area contributed by atoms with E-state index in [-0.39, 0.29) is 0 Å². The number of carbonyl (C=O) groups excluding carboxylic acids is 2. The van der Waals surface area contributed by atoms with Crippen LogP contribution in [-0.4, -0.2) is 18.5 Å². The van der Waals surface area contributed by atoms with E-state index in [4.69, 9.17) is 9.15 Å². The lowest BCUT2D eigenvalue weighted by Crippen LogP contribution is -2.42. The van der Waals surface area contributed by atoms with Gasteiger partial charge in [0.05, 0.1) is 0 Å². The lowest BCUT2D eigenvalue weighted by atomic mass is 10.1. The summed E-state index contributed by atoms with van der Waals surface area (Å²) in [5, 5.41) is 5.55. The van der Waals surface area contributed by atoms with Crippen molar-refractivity contribution in [3.63, 3.8) is 0 Å². The molecule has 7 nitrogen and oxygen atoms in total. The molecule has 0 saturated carbocycles. The number of rotatable bonds is 5. The molecule has 7 heteroatoms. The minimum atomic E-state index is -1.06. The van der Waals surface area contributed by atoms with Crippen LogP contribution < -0.4 is 21.0 Å². The second-order valence-corrected chi connectivity index (χ2v) is 6.16. The SMILES string of the molecule is CCNC(=O)NC(=O)[C@H](Oc1ccc2c(C)cc(=O)oc2c1)c1ccccc1. The monoisotopic (exact) mass is 380 g/mol. The predicted octanol–water partition coefficient (Wildman–Crippen LogP) is 3.07. The van der Waals surface area contributed by atoms with Crippen LogP contribution in [-0.2, 0) is 4.79 Å². The number of nitrogens with one attached hydrogen (secondary N) is 2. The molecule has 0 spiro atoms. The van der Waals surface area contributed by atoms with E-state index in [2.05, 4.69) is 10.6 Å². The topological polar surface area (TPSA) is 97.6 Å². The number of aryl methyl sites for hydroxylation is 1. The van der Waals surface area contributed by atoms with Crippen LogP contribution in [0.3, 0.4) is 0 Å². The zero-order valence-corrected chi connectivity index (χ0v) is 15.5. The average molecular weight is 380 g/mol. The van der Waals surface area contributed by atoms with Gasteiger partial charge in [-0.05, 0) is 31.5 Å². The van der Waals surface area contributed by atoms with Gasteiger partial charge in [0.25, 0.3) is 5.91 Å². The van der Waals surface area contributed by atoms with E-state index in [1.54, 1.807) is 49.4 Å². The molecular formula is C21H20N2O5. The van der Waals surface area contributed by atoms with E-state index in [9.17, 15) is 14.4 Å². The smallest absolute Gasteiger partial charge is 0.336 e. The molecule has 0 fully saturated rings. The van der Waals surface area contributed by atoms with Gasteiger partial charge in [-0.3, -0.25) is 10.1 Å². The zero-order valence-electron chi connectivity index (χ0n) is 15.5. The van der Waals surface area contributed by atoms with Crippen LogP contribution in [0.15, 0.2) is 63.8 Å². The summed E-state index contributed by atoms with van der Waals surface area (Å²) >= 11 is 0. The molecule has 3 rings (SSSR count). The molecule has 0 saturated heterocycles. The summed E-state index contributed by atoms with van der Waals surface area (Å²) < 4.78 is 11.1. The van der Waals surface area contributed by atoms with Crippen molar-refractivity contribution < 1.29 is 18.7 Å². The Morgan fingerprint density at radius 3 is 2.57 bits per heavy atom. The van der Waals surface area contributed by atoms with Crippen molar-refractivity contribution in [1.29, 1.82) is 0 Å². The van der Waals surface area contributed by atoms with Crippen LogP contribution in [0, 0.1) is 6.92 Å². The van der Waals surface area contributed by atoms with E-state index in [0.717, 1.165) is 10.9 Å². The van der Waals surface area contributed by atoms with Crippen molar-refractivity contribution in [3.05, 3.63) is 76.1 Å². The highest BCUT2D eigenvalue weighted by atomic mass is 16.5.